The highest BCUT2D eigenvalue weighted by molar-refractivity contribution is 7.82. The SMILES string of the molecule is NS(=O)c1cccc(-c2cc(O)ccc2OC(F)F)c1. The number of ether oxygens (including phenoxy) is 1. The van der Waals surface area contributed by atoms with E-state index in [1.54, 1.807) is 18.2 Å². The average Bonchev–Trinajstić information content (AvgIpc) is 2.40. The largest absolute Gasteiger partial charge is 0.508 e. The molecule has 3 N–H and O–H groups in total. The molecular formula is C13H11F2NO3S. The smallest absolute Gasteiger partial charge is 0.387 e. The molecule has 0 amide bonds. The van der Waals surface area contributed by atoms with Gasteiger partial charge in [0, 0.05) is 5.56 Å². The highest BCUT2D eigenvalue weighted by Crippen LogP contribution is 2.34. The molecule has 0 heterocycles. The van der Waals surface area contributed by atoms with Crippen LogP contribution in [0.15, 0.2) is 47.4 Å². The second-order valence-corrected chi connectivity index (χ2v) is 4.95. The minimum atomic E-state index is -2.98. The molecule has 0 radical (unpaired) electrons. The highest BCUT2D eigenvalue weighted by Gasteiger charge is 2.13. The normalized spacial score (nSPS) is 12.4. The summed E-state index contributed by atoms with van der Waals surface area (Å²) in [4.78, 5) is 0.342. The number of rotatable bonds is 4. The molecule has 20 heavy (non-hydrogen) atoms. The summed E-state index contributed by atoms with van der Waals surface area (Å²) in [7, 11) is -1.69. The molecule has 0 aliphatic carbocycles. The third kappa shape index (κ3) is 3.31. The number of halogens is 2. The van der Waals surface area contributed by atoms with Crippen LogP contribution in [0.25, 0.3) is 11.1 Å². The number of phenols is 1. The molecule has 0 aromatic heterocycles. The number of hydrogen-bond acceptors (Lipinski definition) is 3. The van der Waals surface area contributed by atoms with Crippen molar-refractivity contribution >= 4 is 11.0 Å². The molecule has 0 spiro atoms. The molecule has 7 heteroatoms. The van der Waals surface area contributed by atoms with Crippen LogP contribution >= 0.6 is 0 Å². The van der Waals surface area contributed by atoms with Crippen molar-refractivity contribution in [3.63, 3.8) is 0 Å². The fourth-order valence-corrected chi connectivity index (χ4v) is 2.19. The first-order chi connectivity index (χ1) is 9.47. The van der Waals surface area contributed by atoms with E-state index in [2.05, 4.69) is 4.74 Å². The Morgan fingerprint density at radius 2 is 1.95 bits per heavy atom. The van der Waals surface area contributed by atoms with Gasteiger partial charge in [-0.25, -0.2) is 9.35 Å². The minimum absolute atomic E-state index is 0.0854. The zero-order valence-electron chi connectivity index (χ0n) is 10.1. The van der Waals surface area contributed by atoms with Gasteiger partial charge in [-0.1, -0.05) is 12.1 Å². The van der Waals surface area contributed by atoms with Gasteiger partial charge in [0.25, 0.3) is 0 Å². The maximum Gasteiger partial charge on any atom is 0.387 e. The van der Waals surface area contributed by atoms with Gasteiger partial charge < -0.3 is 9.84 Å². The number of hydrogen-bond donors (Lipinski definition) is 2. The van der Waals surface area contributed by atoms with E-state index in [0.717, 1.165) is 0 Å². The Kier molecular flexibility index (Phi) is 4.31. The third-order valence-corrected chi connectivity index (χ3v) is 3.28. The van der Waals surface area contributed by atoms with Crippen molar-refractivity contribution < 1.29 is 22.8 Å². The lowest BCUT2D eigenvalue weighted by atomic mass is 10.0. The van der Waals surface area contributed by atoms with Gasteiger partial charge in [0.1, 0.15) is 22.5 Å². The molecule has 2 rings (SSSR count). The lowest BCUT2D eigenvalue weighted by molar-refractivity contribution is -0.0494. The first kappa shape index (κ1) is 14.4. The Hall–Kier alpha value is -1.99. The molecule has 0 bridgehead atoms. The van der Waals surface area contributed by atoms with Crippen molar-refractivity contribution in [3.8, 4) is 22.6 Å². The standard InChI is InChI=1S/C13H11F2NO3S/c14-13(15)19-12-5-4-9(17)7-11(12)8-2-1-3-10(6-8)20(16)18/h1-7,13,17H,16H2. The van der Waals surface area contributed by atoms with Gasteiger partial charge in [0.2, 0.25) is 0 Å². The van der Waals surface area contributed by atoms with Gasteiger partial charge in [-0.15, -0.1) is 0 Å². The van der Waals surface area contributed by atoms with Gasteiger partial charge >= 0.3 is 6.61 Å². The van der Waals surface area contributed by atoms with Crippen LogP contribution in [0.1, 0.15) is 0 Å². The van der Waals surface area contributed by atoms with Gasteiger partial charge in [-0.3, -0.25) is 0 Å². The molecular weight excluding hydrogens is 288 g/mol. The van der Waals surface area contributed by atoms with Crippen molar-refractivity contribution in [3.05, 3.63) is 42.5 Å². The van der Waals surface area contributed by atoms with Gasteiger partial charge in [-0.2, -0.15) is 8.78 Å². The van der Waals surface area contributed by atoms with Crippen molar-refractivity contribution in [1.82, 2.24) is 0 Å². The summed E-state index contributed by atoms with van der Waals surface area (Å²) in [6.07, 6.45) is 0. The van der Waals surface area contributed by atoms with E-state index in [1.807, 2.05) is 0 Å². The second-order valence-electron chi connectivity index (χ2n) is 3.88. The number of phenolic OH excluding ortho intramolecular Hbond substituents is 1. The zero-order chi connectivity index (χ0) is 14.7. The number of aromatic hydroxyl groups is 1. The van der Waals surface area contributed by atoms with E-state index in [-0.39, 0.29) is 17.1 Å². The van der Waals surface area contributed by atoms with Gasteiger partial charge in [0.05, 0.1) is 4.90 Å². The summed E-state index contributed by atoms with van der Waals surface area (Å²) in [6, 6.07) is 10.0. The topological polar surface area (TPSA) is 72.6 Å². The van der Waals surface area contributed by atoms with Gasteiger partial charge in [0.15, 0.2) is 0 Å². The highest BCUT2D eigenvalue weighted by atomic mass is 32.2. The van der Waals surface area contributed by atoms with Crippen LogP contribution in [0.5, 0.6) is 11.5 Å². The Labute approximate surface area is 116 Å². The van der Waals surface area contributed by atoms with Crippen molar-refractivity contribution in [2.45, 2.75) is 11.5 Å². The molecule has 2 aromatic carbocycles. The average molecular weight is 299 g/mol. The summed E-state index contributed by atoms with van der Waals surface area (Å²) >= 11 is 0. The summed E-state index contributed by atoms with van der Waals surface area (Å²) in [5, 5.41) is 14.8. The third-order valence-electron chi connectivity index (χ3n) is 2.56. The monoisotopic (exact) mass is 299 g/mol. The summed E-state index contributed by atoms with van der Waals surface area (Å²) in [6.45, 7) is -2.98. The molecule has 106 valence electrons. The van der Waals surface area contributed by atoms with Crippen LogP contribution in [0.3, 0.4) is 0 Å². The maximum absolute atomic E-state index is 12.4. The number of benzene rings is 2. The molecule has 0 aliphatic heterocycles. The maximum atomic E-state index is 12.4. The molecule has 1 atom stereocenters. The minimum Gasteiger partial charge on any atom is -0.508 e. The van der Waals surface area contributed by atoms with Crippen LogP contribution in [-0.4, -0.2) is 15.9 Å². The van der Waals surface area contributed by atoms with Crippen LogP contribution in [0, 0.1) is 0 Å². The van der Waals surface area contributed by atoms with E-state index in [4.69, 9.17) is 5.14 Å². The Bertz CT molecular complexity index is 649. The predicted molar refractivity (Wildman–Crippen MR) is 70.8 cm³/mol. The number of nitrogens with two attached hydrogens (primary N) is 1. The lowest BCUT2D eigenvalue weighted by Crippen LogP contribution is -2.04. The predicted octanol–water partition coefficient (Wildman–Crippen LogP) is 2.64. The van der Waals surface area contributed by atoms with Crippen molar-refractivity contribution in [2.24, 2.45) is 5.14 Å². The summed E-state index contributed by atoms with van der Waals surface area (Å²) in [5.74, 6) is -0.182. The molecule has 0 saturated carbocycles. The van der Waals surface area contributed by atoms with E-state index in [1.165, 1.54) is 24.3 Å². The van der Waals surface area contributed by atoms with Crippen LogP contribution in [0.4, 0.5) is 8.78 Å². The molecule has 1 unspecified atom stereocenters. The number of alkyl halides is 2. The van der Waals surface area contributed by atoms with Crippen molar-refractivity contribution in [2.75, 3.05) is 0 Å². The van der Waals surface area contributed by atoms with Crippen molar-refractivity contribution in [1.29, 1.82) is 0 Å². The first-order valence-electron chi connectivity index (χ1n) is 5.52. The summed E-state index contributed by atoms with van der Waals surface area (Å²) < 4.78 is 40.4. The molecule has 0 fully saturated rings. The fraction of sp³-hybridized carbons (Fsp3) is 0.0769. The quantitative estimate of drug-likeness (QED) is 0.911. The molecule has 2 aromatic rings. The first-order valence-corrected chi connectivity index (χ1v) is 6.73. The van der Waals surface area contributed by atoms with Gasteiger partial charge in [-0.05, 0) is 35.9 Å². The second kappa shape index (κ2) is 5.98. The Morgan fingerprint density at radius 3 is 2.60 bits per heavy atom. The zero-order valence-corrected chi connectivity index (χ0v) is 10.9. The van der Waals surface area contributed by atoms with Crippen LogP contribution in [-0.2, 0) is 11.0 Å². The van der Waals surface area contributed by atoms with Crippen LogP contribution < -0.4 is 9.88 Å². The molecule has 0 saturated heterocycles. The van der Waals surface area contributed by atoms with Crippen LogP contribution in [0.2, 0.25) is 0 Å². The Morgan fingerprint density at radius 1 is 1.20 bits per heavy atom. The lowest BCUT2D eigenvalue weighted by Gasteiger charge is -2.12. The van der Waals surface area contributed by atoms with E-state index in [9.17, 15) is 18.1 Å². The molecule has 0 aliphatic rings. The Balaban J connectivity index is 2.53. The molecule has 4 nitrogen and oxygen atoms in total. The van der Waals surface area contributed by atoms with E-state index >= 15 is 0 Å². The van der Waals surface area contributed by atoms with E-state index < -0.39 is 17.6 Å². The van der Waals surface area contributed by atoms with E-state index in [0.29, 0.717) is 10.5 Å². The fourth-order valence-electron chi connectivity index (χ4n) is 1.73. The summed E-state index contributed by atoms with van der Waals surface area (Å²) in [5.41, 5.74) is 0.727.